The second kappa shape index (κ2) is 9.55. The summed E-state index contributed by atoms with van der Waals surface area (Å²) in [5, 5.41) is 3.88. The zero-order chi connectivity index (χ0) is 22.0. The first-order chi connectivity index (χ1) is 14.8. The Hall–Kier alpha value is -1.51. The van der Waals surface area contributed by atoms with Crippen LogP contribution in [-0.4, -0.2) is 58.9 Å². The molecule has 0 bridgehead atoms. The van der Waals surface area contributed by atoms with Crippen LogP contribution in [0.2, 0.25) is 10.0 Å². The Kier molecular flexibility index (Phi) is 6.98. The molecule has 1 fully saturated rings. The number of hydrogen-bond donors (Lipinski definition) is 0. The van der Waals surface area contributed by atoms with Crippen LogP contribution in [0, 0.1) is 0 Å². The van der Waals surface area contributed by atoms with Gasteiger partial charge < -0.3 is 9.64 Å². The molecule has 0 unspecified atom stereocenters. The minimum atomic E-state index is -3.37. The third kappa shape index (κ3) is 5.29. The van der Waals surface area contributed by atoms with Crippen LogP contribution in [0.5, 0.6) is 5.75 Å². The number of sulfone groups is 1. The average molecular weight is 499 g/mol. The van der Waals surface area contributed by atoms with E-state index in [1.807, 2.05) is 0 Å². The van der Waals surface area contributed by atoms with Gasteiger partial charge in [-0.05, 0) is 41.5 Å². The van der Waals surface area contributed by atoms with E-state index in [1.165, 1.54) is 27.9 Å². The molecule has 166 valence electrons. The molecule has 2 heterocycles. The van der Waals surface area contributed by atoms with Gasteiger partial charge >= 0.3 is 0 Å². The largest absolute Gasteiger partial charge is 0.490 e. The molecule has 0 aliphatic carbocycles. The van der Waals surface area contributed by atoms with E-state index in [-0.39, 0.29) is 14.9 Å². The van der Waals surface area contributed by atoms with Crippen LogP contribution in [0.3, 0.4) is 0 Å². The van der Waals surface area contributed by atoms with E-state index in [0.29, 0.717) is 12.4 Å². The molecule has 1 aliphatic heterocycles. The van der Waals surface area contributed by atoms with Crippen molar-refractivity contribution >= 4 is 60.1 Å². The summed E-state index contributed by atoms with van der Waals surface area (Å²) in [6.07, 6.45) is 1.96. The topological polar surface area (TPSA) is 49.9 Å². The number of hydrogen-bond acceptors (Lipinski definition) is 6. The Morgan fingerprint density at radius 3 is 2.45 bits per heavy atom. The van der Waals surface area contributed by atoms with Gasteiger partial charge in [-0.25, -0.2) is 8.42 Å². The molecule has 0 amide bonds. The highest BCUT2D eigenvalue weighted by atomic mass is 35.5. The minimum absolute atomic E-state index is 0.0889. The van der Waals surface area contributed by atoms with Crippen molar-refractivity contribution in [2.24, 2.45) is 0 Å². The molecule has 1 aromatic heterocycles. The lowest BCUT2D eigenvalue weighted by Crippen LogP contribution is -2.46. The predicted molar refractivity (Wildman–Crippen MR) is 130 cm³/mol. The number of rotatable bonds is 7. The van der Waals surface area contributed by atoms with E-state index in [2.05, 4.69) is 39.4 Å². The summed E-state index contributed by atoms with van der Waals surface area (Å²) in [5.74, 6) is 0.338. The quantitative estimate of drug-likeness (QED) is 0.418. The van der Waals surface area contributed by atoms with Gasteiger partial charge in [0.15, 0.2) is 15.6 Å². The molecule has 3 aromatic rings. The molecule has 0 saturated carbocycles. The highest BCUT2D eigenvalue weighted by molar-refractivity contribution is 7.90. The SMILES string of the molecule is CS(=O)(=O)c1cc(Cl)c(OCCCN2CCN(c3cccc4ccsc34)CC2)c(Cl)c1. The van der Waals surface area contributed by atoms with Crippen LogP contribution in [0.25, 0.3) is 10.1 Å². The second-order valence-electron chi connectivity index (χ2n) is 7.64. The molecule has 4 rings (SSSR count). The molecule has 5 nitrogen and oxygen atoms in total. The van der Waals surface area contributed by atoms with Crippen molar-refractivity contribution in [1.82, 2.24) is 4.90 Å². The van der Waals surface area contributed by atoms with Gasteiger partial charge in [-0.15, -0.1) is 11.3 Å². The standard InChI is InChI=1S/C22H24Cl2N2O3S2/c1-31(27,28)17-14-18(23)21(19(24)15-17)29-12-3-7-25-8-10-26(11-9-25)20-5-2-4-16-6-13-30-22(16)20/h2,4-6,13-15H,3,7-12H2,1H3. The van der Waals surface area contributed by atoms with Gasteiger partial charge in [0, 0.05) is 39.0 Å². The van der Waals surface area contributed by atoms with Crippen LogP contribution < -0.4 is 9.64 Å². The number of fused-ring (bicyclic) bond motifs is 1. The molecule has 1 aliphatic rings. The highest BCUT2D eigenvalue weighted by Crippen LogP contribution is 2.36. The van der Waals surface area contributed by atoms with Crippen molar-refractivity contribution in [3.8, 4) is 5.75 Å². The highest BCUT2D eigenvalue weighted by Gasteiger charge is 2.19. The number of nitrogens with zero attached hydrogens (tertiary/aromatic N) is 2. The molecule has 0 spiro atoms. The number of halogens is 2. The Morgan fingerprint density at radius 2 is 1.77 bits per heavy atom. The molecule has 0 radical (unpaired) electrons. The first-order valence-corrected chi connectivity index (χ1v) is 13.6. The fourth-order valence-electron chi connectivity index (χ4n) is 3.79. The van der Waals surface area contributed by atoms with Crippen molar-refractivity contribution in [3.63, 3.8) is 0 Å². The zero-order valence-corrected chi connectivity index (χ0v) is 20.3. The van der Waals surface area contributed by atoms with Gasteiger partial charge in [-0.3, -0.25) is 4.90 Å². The number of benzene rings is 2. The van der Waals surface area contributed by atoms with Gasteiger partial charge in [0.25, 0.3) is 0 Å². The lowest BCUT2D eigenvalue weighted by molar-refractivity contribution is 0.225. The van der Waals surface area contributed by atoms with Crippen LogP contribution in [-0.2, 0) is 9.84 Å². The molecular weight excluding hydrogens is 475 g/mol. The average Bonchev–Trinajstić information content (AvgIpc) is 3.21. The van der Waals surface area contributed by atoms with Gasteiger partial charge in [0.1, 0.15) is 0 Å². The summed E-state index contributed by atoms with van der Waals surface area (Å²) in [7, 11) is -3.37. The summed E-state index contributed by atoms with van der Waals surface area (Å²) >= 11 is 14.2. The predicted octanol–water partition coefficient (Wildman–Crippen LogP) is 5.20. The van der Waals surface area contributed by atoms with Crippen molar-refractivity contribution in [2.45, 2.75) is 11.3 Å². The number of anilines is 1. The summed E-state index contributed by atoms with van der Waals surface area (Å²) < 4.78 is 30.5. The number of piperazine rings is 1. The molecule has 31 heavy (non-hydrogen) atoms. The summed E-state index contributed by atoms with van der Waals surface area (Å²) in [6, 6.07) is 11.4. The Labute approximate surface area is 197 Å². The van der Waals surface area contributed by atoms with Crippen LogP contribution >= 0.6 is 34.5 Å². The van der Waals surface area contributed by atoms with Crippen LogP contribution in [0.1, 0.15) is 6.42 Å². The maximum absolute atomic E-state index is 11.7. The molecule has 0 atom stereocenters. The Balaban J connectivity index is 1.26. The third-order valence-corrected chi connectivity index (χ3v) is 8.04. The van der Waals surface area contributed by atoms with Crippen molar-refractivity contribution in [1.29, 1.82) is 0 Å². The fraction of sp³-hybridized carbons (Fsp3) is 0.364. The molecule has 2 aromatic carbocycles. The lowest BCUT2D eigenvalue weighted by atomic mass is 10.2. The molecular formula is C22H24Cl2N2O3S2. The minimum Gasteiger partial charge on any atom is -0.490 e. The van der Waals surface area contributed by atoms with Gasteiger partial charge in [0.2, 0.25) is 0 Å². The third-order valence-electron chi connectivity index (χ3n) is 5.44. The van der Waals surface area contributed by atoms with Crippen LogP contribution in [0.4, 0.5) is 5.69 Å². The second-order valence-corrected chi connectivity index (χ2v) is 11.4. The van der Waals surface area contributed by atoms with E-state index in [0.717, 1.165) is 45.4 Å². The van der Waals surface area contributed by atoms with Crippen molar-refractivity contribution in [2.75, 3.05) is 50.5 Å². The number of ether oxygens (including phenoxy) is 1. The first kappa shape index (κ1) is 22.7. The number of thiophene rings is 1. The van der Waals surface area contributed by atoms with Crippen molar-refractivity contribution < 1.29 is 13.2 Å². The van der Waals surface area contributed by atoms with E-state index in [4.69, 9.17) is 27.9 Å². The van der Waals surface area contributed by atoms with E-state index < -0.39 is 9.84 Å². The Morgan fingerprint density at radius 1 is 1.06 bits per heavy atom. The molecule has 9 heteroatoms. The van der Waals surface area contributed by atoms with Gasteiger partial charge in [0.05, 0.1) is 31.9 Å². The first-order valence-electron chi connectivity index (χ1n) is 10.1. The normalized spacial score (nSPS) is 15.5. The van der Waals surface area contributed by atoms with E-state index in [9.17, 15) is 8.42 Å². The maximum Gasteiger partial charge on any atom is 0.175 e. The summed E-state index contributed by atoms with van der Waals surface area (Å²) in [5.41, 5.74) is 1.33. The van der Waals surface area contributed by atoms with Gasteiger partial charge in [-0.2, -0.15) is 0 Å². The molecule has 1 saturated heterocycles. The lowest BCUT2D eigenvalue weighted by Gasteiger charge is -2.36. The van der Waals surface area contributed by atoms with Crippen LogP contribution in [0.15, 0.2) is 46.7 Å². The monoisotopic (exact) mass is 498 g/mol. The van der Waals surface area contributed by atoms with Gasteiger partial charge in [-0.1, -0.05) is 35.3 Å². The summed E-state index contributed by atoms with van der Waals surface area (Å²) in [6.45, 7) is 5.41. The fourth-order valence-corrected chi connectivity index (χ4v) is 6.12. The zero-order valence-electron chi connectivity index (χ0n) is 17.2. The van der Waals surface area contributed by atoms with E-state index in [1.54, 1.807) is 11.3 Å². The summed E-state index contributed by atoms with van der Waals surface area (Å²) in [4.78, 5) is 4.99. The molecule has 0 N–H and O–H groups in total. The maximum atomic E-state index is 11.7. The van der Waals surface area contributed by atoms with Crippen molar-refractivity contribution in [3.05, 3.63) is 51.8 Å². The smallest absolute Gasteiger partial charge is 0.175 e. The Bertz CT molecular complexity index is 1150. The van der Waals surface area contributed by atoms with E-state index >= 15 is 0 Å².